The Kier molecular flexibility index (Phi) is 8.30. The molecule has 0 fully saturated rings. The molecular formula is C25H34N4O4S. The molecule has 2 aliphatic heterocycles. The Labute approximate surface area is 208 Å². The first-order valence-corrected chi connectivity index (χ1v) is 11.4. The fourth-order valence-corrected chi connectivity index (χ4v) is 3.88. The molecule has 1 atom stereocenters. The van der Waals surface area contributed by atoms with Gasteiger partial charge in [-0.3, -0.25) is 0 Å². The van der Waals surface area contributed by atoms with Crippen molar-refractivity contribution in [2.24, 2.45) is 0 Å². The lowest BCUT2D eigenvalue weighted by Gasteiger charge is -2.29. The molecule has 34 heavy (non-hydrogen) atoms. The number of para-hydroxylation sites is 1. The minimum atomic E-state index is -0.496. The highest BCUT2D eigenvalue weighted by Crippen LogP contribution is 2.37. The van der Waals surface area contributed by atoms with E-state index in [0.717, 1.165) is 40.6 Å². The number of rotatable bonds is 5. The molecule has 0 spiro atoms. The summed E-state index contributed by atoms with van der Waals surface area (Å²) in [6.45, 7) is 10.7. The molecule has 2 aliphatic rings. The zero-order valence-electron chi connectivity index (χ0n) is 20.3. The smallest absolute Gasteiger partial charge is 0.410 e. The minimum absolute atomic E-state index is 0. The van der Waals surface area contributed by atoms with Crippen LogP contribution in [-0.2, 0) is 4.74 Å². The Hall–Kier alpha value is -2.94. The number of carbonyl (C=O) groups excluding carboxylic acids is 1. The minimum Gasteiger partial charge on any atom is -0.486 e. The normalized spacial score (nSPS) is 16.1. The maximum absolute atomic E-state index is 12.3. The van der Waals surface area contributed by atoms with Crippen LogP contribution in [0.2, 0.25) is 0 Å². The molecule has 0 bridgehead atoms. The van der Waals surface area contributed by atoms with Gasteiger partial charge in [-0.05, 0) is 38.8 Å². The number of nitrogens with zero attached hydrogens (tertiary/aromatic N) is 3. The molecule has 3 heterocycles. The maximum atomic E-state index is 12.3. The van der Waals surface area contributed by atoms with Crippen LogP contribution in [0.15, 0.2) is 36.7 Å². The highest BCUT2D eigenvalue weighted by molar-refractivity contribution is 7.59. The van der Waals surface area contributed by atoms with Gasteiger partial charge in [0.1, 0.15) is 31.0 Å². The number of ether oxygens (including phenoxy) is 3. The van der Waals surface area contributed by atoms with E-state index in [9.17, 15) is 4.79 Å². The van der Waals surface area contributed by atoms with Crippen LogP contribution in [0.5, 0.6) is 11.5 Å². The van der Waals surface area contributed by atoms with Crippen LogP contribution in [0.25, 0.3) is 5.57 Å². The molecule has 0 unspecified atom stereocenters. The van der Waals surface area contributed by atoms with Gasteiger partial charge in [-0.15, -0.1) is 0 Å². The number of amides is 1. The van der Waals surface area contributed by atoms with Gasteiger partial charge >= 0.3 is 6.09 Å². The summed E-state index contributed by atoms with van der Waals surface area (Å²) in [6, 6.07) is 7.98. The van der Waals surface area contributed by atoms with Crippen LogP contribution < -0.4 is 14.8 Å². The molecular weight excluding hydrogens is 452 g/mol. The molecule has 9 heteroatoms. The van der Waals surface area contributed by atoms with Gasteiger partial charge in [0.2, 0.25) is 0 Å². The summed E-state index contributed by atoms with van der Waals surface area (Å²) in [7, 11) is 0. The van der Waals surface area contributed by atoms with Gasteiger partial charge in [0.05, 0.1) is 5.69 Å². The van der Waals surface area contributed by atoms with Crippen LogP contribution in [0.4, 0.5) is 10.6 Å². The number of aromatic nitrogens is 2. The molecule has 1 N–H and O–H groups in total. The first-order valence-electron chi connectivity index (χ1n) is 11.4. The van der Waals surface area contributed by atoms with E-state index in [1.165, 1.54) is 0 Å². The van der Waals surface area contributed by atoms with E-state index in [1.807, 2.05) is 45.0 Å². The van der Waals surface area contributed by atoms with Crippen molar-refractivity contribution in [3.63, 3.8) is 0 Å². The first kappa shape index (κ1) is 25.7. The zero-order chi connectivity index (χ0) is 23.4. The maximum Gasteiger partial charge on any atom is 0.410 e. The van der Waals surface area contributed by atoms with E-state index in [0.29, 0.717) is 32.8 Å². The molecule has 4 rings (SSSR count). The summed E-state index contributed by atoms with van der Waals surface area (Å²) in [5.74, 6) is 2.61. The van der Waals surface area contributed by atoms with Crippen LogP contribution >= 0.6 is 13.5 Å². The molecule has 2 aromatic rings. The van der Waals surface area contributed by atoms with E-state index in [1.54, 1.807) is 11.2 Å². The molecule has 1 aromatic carbocycles. The number of hydrogen-bond donors (Lipinski definition) is 1. The third kappa shape index (κ3) is 6.34. The lowest BCUT2D eigenvalue weighted by molar-refractivity contribution is 0.0270. The summed E-state index contributed by atoms with van der Waals surface area (Å²) in [4.78, 5) is 22.8. The number of benzene rings is 1. The molecule has 184 valence electrons. The fourth-order valence-electron chi connectivity index (χ4n) is 3.88. The number of fused-ring (bicyclic) bond motifs is 1. The monoisotopic (exact) mass is 486 g/mol. The van der Waals surface area contributed by atoms with E-state index in [-0.39, 0.29) is 25.5 Å². The molecule has 0 saturated carbocycles. The highest BCUT2D eigenvalue weighted by Gasteiger charge is 2.24. The first-order chi connectivity index (χ1) is 15.8. The second-order valence-corrected chi connectivity index (χ2v) is 9.35. The van der Waals surface area contributed by atoms with Crippen LogP contribution in [0.1, 0.15) is 51.3 Å². The third-order valence-corrected chi connectivity index (χ3v) is 5.57. The van der Waals surface area contributed by atoms with Crippen molar-refractivity contribution in [1.82, 2.24) is 14.9 Å². The Morgan fingerprint density at radius 3 is 2.76 bits per heavy atom. The Morgan fingerprint density at radius 1 is 1.24 bits per heavy atom. The van der Waals surface area contributed by atoms with Gasteiger partial charge < -0.3 is 24.4 Å². The lowest BCUT2D eigenvalue weighted by atomic mass is 9.99. The topological polar surface area (TPSA) is 85.8 Å². The molecule has 0 aliphatic carbocycles. The Morgan fingerprint density at radius 2 is 2.03 bits per heavy atom. The predicted octanol–water partition coefficient (Wildman–Crippen LogP) is 4.60. The predicted molar refractivity (Wildman–Crippen MR) is 137 cm³/mol. The van der Waals surface area contributed by atoms with Crippen LogP contribution in [-0.4, -0.2) is 59.4 Å². The van der Waals surface area contributed by atoms with Gasteiger partial charge in [-0.1, -0.05) is 25.1 Å². The molecule has 8 nitrogen and oxygen atoms in total. The van der Waals surface area contributed by atoms with Gasteiger partial charge in [0.15, 0.2) is 11.5 Å². The number of anilines is 1. The molecule has 1 aromatic heterocycles. The lowest BCUT2D eigenvalue weighted by Crippen LogP contribution is -2.39. The standard InChI is InChI=1S/C25H32N4O4.H2S/c1-17(19-6-5-7-21-23(19)32-13-12-31-21)15-26-22-14-20(27-16-28-22)18-8-10-29(11-9-18)24(30)33-25(2,3)4;/h5-8,14,16-17H,9-13,15H2,1-4H3,(H,26,27,28);1H2/t17-;/m1./s1. The summed E-state index contributed by atoms with van der Waals surface area (Å²) in [5, 5.41) is 3.42. The Balaban J connectivity index is 0.00000324. The average Bonchev–Trinajstić information content (AvgIpc) is 2.81. The van der Waals surface area contributed by atoms with Gasteiger partial charge in [-0.25, -0.2) is 14.8 Å². The van der Waals surface area contributed by atoms with E-state index < -0.39 is 5.60 Å². The summed E-state index contributed by atoms with van der Waals surface area (Å²) < 4.78 is 17.0. The summed E-state index contributed by atoms with van der Waals surface area (Å²) >= 11 is 0. The summed E-state index contributed by atoms with van der Waals surface area (Å²) in [6.07, 6.45) is 4.05. The van der Waals surface area contributed by atoms with Crippen LogP contribution in [0, 0.1) is 0 Å². The molecule has 1 amide bonds. The van der Waals surface area contributed by atoms with Crippen molar-refractivity contribution in [3.05, 3.63) is 47.9 Å². The largest absolute Gasteiger partial charge is 0.486 e. The summed E-state index contributed by atoms with van der Waals surface area (Å²) in [5.41, 5.74) is 2.60. The van der Waals surface area contributed by atoms with Gasteiger partial charge in [0, 0.05) is 37.2 Å². The zero-order valence-corrected chi connectivity index (χ0v) is 21.3. The van der Waals surface area contributed by atoms with Gasteiger partial charge in [-0.2, -0.15) is 13.5 Å². The van der Waals surface area contributed by atoms with Crippen molar-refractivity contribution in [1.29, 1.82) is 0 Å². The second kappa shape index (κ2) is 11.0. The Bertz CT molecular complexity index is 1040. The van der Waals surface area contributed by atoms with Gasteiger partial charge in [0.25, 0.3) is 0 Å². The van der Waals surface area contributed by atoms with Crippen molar-refractivity contribution in [2.45, 2.75) is 45.6 Å². The van der Waals surface area contributed by atoms with Crippen LogP contribution in [0.3, 0.4) is 0 Å². The molecule has 0 radical (unpaired) electrons. The van der Waals surface area contributed by atoms with Crippen molar-refractivity contribution in [2.75, 3.05) is 38.2 Å². The average molecular weight is 487 g/mol. The SMILES string of the molecule is C[C@H](CNc1cc(C2=CCN(C(=O)OC(C)(C)C)CC2)ncn1)c1cccc2c1OCCO2.S. The van der Waals surface area contributed by atoms with E-state index in [4.69, 9.17) is 14.2 Å². The number of hydrogen-bond acceptors (Lipinski definition) is 7. The second-order valence-electron chi connectivity index (χ2n) is 9.35. The van der Waals surface area contributed by atoms with Crippen molar-refractivity contribution < 1.29 is 19.0 Å². The van der Waals surface area contributed by atoms with Crippen molar-refractivity contribution in [3.8, 4) is 11.5 Å². The van der Waals surface area contributed by atoms with E-state index >= 15 is 0 Å². The number of carbonyl (C=O) groups is 1. The van der Waals surface area contributed by atoms with Crippen molar-refractivity contribution >= 4 is 31.0 Å². The van der Waals surface area contributed by atoms with E-state index in [2.05, 4.69) is 28.3 Å². The fraction of sp³-hybridized carbons (Fsp3) is 0.480. The molecule has 0 saturated heterocycles. The quantitative estimate of drug-likeness (QED) is 0.661. The highest BCUT2D eigenvalue weighted by atomic mass is 32.1. The third-order valence-electron chi connectivity index (χ3n) is 5.57. The number of nitrogens with one attached hydrogen (secondary N) is 1.